The summed E-state index contributed by atoms with van der Waals surface area (Å²) in [5.41, 5.74) is 1.75. The van der Waals surface area contributed by atoms with E-state index in [2.05, 4.69) is 0 Å². The van der Waals surface area contributed by atoms with Gasteiger partial charge < -0.3 is 0 Å². The predicted molar refractivity (Wildman–Crippen MR) is 120 cm³/mol. The highest BCUT2D eigenvalue weighted by Crippen LogP contribution is 2.22. The molecule has 0 spiro atoms. The van der Waals surface area contributed by atoms with Crippen LogP contribution in [0.5, 0.6) is 0 Å². The minimum atomic E-state index is -4.13. The number of hydrogen-bond donors (Lipinski definition) is 1. The Hall–Kier alpha value is -3.54. The van der Waals surface area contributed by atoms with Crippen LogP contribution in [-0.4, -0.2) is 18.8 Å². The zero-order valence-electron chi connectivity index (χ0n) is 16.0. The molecule has 30 heavy (non-hydrogen) atoms. The van der Waals surface area contributed by atoms with Crippen molar-refractivity contribution in [3.63, 3.8) is 0 Å². The van der Waals surface area contributed by atoms with Gasteiger partial charge in [0.2, 0.25) is 0 Å². The lowest BCUT2D eigenvalue weighted by atomic mass is 10.1. The Morgan fingerprint density at radius 2 is 1.27 bits per heavy atom. The largest absolute Gasteiger partial charge is 0.295 e. The van der Waals surface area contributed by atoms with E-state index < -0.39 is 10.1 Å². The summed E-state index contributed by atoms with van der Waals surface area (Å²) in [5.74, 6) is 0.0319. The van der Waals surface area contributed by atoms with E-state index in [-0.39, 0.29) is 10.7 Å². The first-order valence-corrected chi connectivity index (χ1v) is 10.7. The first kappa shape index (κ1) is 21.2. The van der Waals surface area contributed by atoms with E-state index in [9.17, 15) is 13.2 Å². The summed E-state index contributed by atoms with van der Waals surface area (Å²) in [6.07, 6.45) is 3.43. The fourth-order valence-corrected chi connectivity index (χ4v) is 3.57. The molecule has 0 atom stereocenters. The maximum Gasteiger partial charge on any atom is 0.295 e. The summed E-state index contributed by atoms with van der Waals surface area (Å²) in [4.78, 5) is 11.7. The van der Waals surface area contributed by atoms with Crippen molar-refractivity contribution in [1.82, 2.24) is 0 Å². The van der Waals surface area contributed by atoms with Crippen molar-refractivity contribution >= 4 is 32.7 Å². The van der Waals surface area contributed by atoms with Crippen LogP contribution >= 0.6 is 0 Å². The fraction of sp³-hybridized carbons (Fsp3) is 0. The zero-order valence-corrected chi connectivity index (χ0v) is 16.9. The van der Waals surface area contributed by atoms with E-state index in [1.54, 1.807) is 36.4 Å². The van der Waals surface area contributed by atoms with Gasteiger partial charge in [-0.3, -0.25) is 9.35 Å². The Bertz CT molecular complexity index is 1260. The molecule has 0 saturated heterocycles. The minimum Gasteiger partial charge on any atom is -0.289 e. The van der Waals surface area contributed by atoms with Gasteiger partial charge in [-0.25, -0.2) is 0 Å². The van der Waals surface area contributed by atoms with Crippen molar-refractivity contribution < 1.29 is 17.8 Å². The van der Waals surface area contributed by atoms with Crippen molar-refractivity contribution in [2.75, 3.05) is 0 Å². The highest BCUT2D eigenvalue weighted by molar-refractivity contribution is 7.86. The van der Waals surface area contributed by atoms with Crippen LogP contribution in [0.4, 0.5) is 0 Å². The van der Waals surface area contributed by atoms with Crippen LogP contribution < -0.4 is 0 Å². The topological polar surface area (TPSA) is 71.4 Å². The van der Waals surface area contributed by atoms with Gasteiger partial charge in [-0.15, -0.1) is 0 Å². The summed E-state index contributed by atoms with van der Waals surface area (Å²) < 4.78 is 31.0. The molecule has 0 unspecified atom stereocenters. The fourth-order valence-electron chi connectivity index (χ4n) is 2.86. The number of fused-ring (bicyclic) bond motifs is 1. The molecular formula is C25H20O4S. The molecule has 0 saturated carbocycles. The molecule has 0 radical (unpaired) electrons. The van der Waals surface area contributed by atoms with Crippen LogP contribution in [0, 0.1) is 0 Å². The van der Waals surface area contributed by atoms with Crippen molar-refractivity contribution in [3.05, 3.63) is 120 Å². The van der Waals surface area contributed by atoms with Crippen LogP contribution in [0.15, 0.2) is 114 Å². The molecule has 0 aliphatic rings. The normalized spacial score (nSPS) is 11.1. The van der Waals surface area contributed by atoms with Crippen molar-refractivity contribution in [2.24, 2.45) is 0 Å². The summed E-state index contributed by atoms with van der Waals surface area (Å²) in [7, 11) is -4.13. The van der Waals surface area contributed by atoms with Crippen LogP contribution in [-0.2, 0) is 10.1 Å². The van der Waals surface area contributed by atoms with E-state index in [1.807, 2.05) is 72.8 Å². The Labute approximate surface area is 175 Å². The Kier molecular flexibility index (Phi) is 6.91. The van der Waals surface area contributed by atoms with Gasteiger partial charge in [-0.1, -0.05) is 103 Å². The highest BCUT2D eigenvalue weighted by Gasteiger charge is 2.12. The Balaban J connectivity index is 0.000000172. The molecule has 0 amide bonds. The van der Waals surface area contributed by atoms with Crippen LogP contribution in [0.3, 0.4) is 0 Å². The van der Waals surface area contributed by atoms with Crippen LogP contribution in [0.25, 0.3) is 16.8 Å². The van der Waals surface area contributed by atoms with Gasteiger partial charge in [-0.05, 0) is 23.1 Å². The van der Waals surface area contributed by atoms with Gasteiger partial charge in [0.1, 0.15) is 4.90 Å². The number of hydrogen-bond acceptors (Lipinski definition) is 3. The molecule has 150 valence electrons. The summed E-state index contributed by atoms with van der Waals surface area (Å²) >= 11 is 0. The first-order valence-electron chi connectivity index (χ1n) is 9.23. The summed E-state index contributed by atoms with van der Waals surface area (Å²) in [6.45, 7) is 0. The summed E-state index contributed by atoms with van der Waals surface area (Å²) in [6, 6.07) is 30.8. The third-order valence-electron chi connectivity index (χ3n) is 4.31. The molecule has 0 fully saturated rings. The third-order valence-corrected chi connectivity index (χ3v) is 5.22. The summed E-state index contributed by atoms with van der Waals surface area (Å²) in [5, 5.41) is 1.33. The molecule has 4 aromatic carbocycles. The Morgan fingerprint density at radius 1 is 0.700 bits per heavy atom. The van der Waals surface area contributed by atoms with Gasteiger partial charge in [0.15, 0.2) is 5.78 Å². The second-order valence-corrected chi connectivity index (χ2v) is 7.82. The van der Waals surface area contributed by atoms with Gasteiger partial charge in [0.25, 0.3) is 10.1 Å². The third kappa shape index (κ3) is 5.73. The lowest BCUT2D eigenvalue weighted by molar-refractivity contribution is 0.104. The average molecular weight is 416 g/mol. The van der Waals surface area contributed by atoms with E-state index in [1.165, 1.54) is 6.07 Å². The van der Waals surface area contributed by atoms with Crippen molar-refractivity contribution in [2.45, 2.75) is 4.90 Å². The SMILES string of the molecule is O=C(/C=C\c1ccccc1)c1ccccc1.O=S(=O)(O)c1cccc2ccccc12. The number of carbonyl (C=O) groups is 1. The average Bonchev–Trinajstić information content (AvgIpc) is 2.78. The minimum absolute atomic E-state index is 0.0319. The molecule has 0 aliphatic heterocycles. The smallest absolute Gasteiger partial charge is 0.289 e. The van der Waals surface area contributed by atoms with E-state index >= 15 is 0 Å². The maximum atomic E-state index is 11.7. The lowest BCUT2D eigenvalue weighted by Gasteiger charge is -2.02. The number of rotatable bonds is 4. The molecule has 4 rings (SSSR count). The van der Waals surface area contributed by atoms with E-state index in [0.717, 1.165) is 16.5 Å². The molecule has 0 aliphatic carbocycles. The highest BCUT2D eigenvalue weighted by atomic mass is 32.2. The maximum absolute atomic E-state index is 11.7. The van der Waals surface area contributed by atoms with Crippen molar-refractivity contribution in [3.8, 4) is 0 Å². The molecule has 5 heteroatoms. The quantitative estimate of drug-likeness (QED) is 0.264. The molecule has 4 aromatic rings. The van der Waals surface area contributed by atoms with Gasteiger partial charge >= 0.3 is 0 Å². The second kappa shape index (κ2) is 9.78. The van der Waals surface area contributed by atoms with Crippen molar-refractivity contribution in [1.29, 1.82) is 0 Å². The molecule has 0 bridgehead atoms. The first-order chi connectivity index (χ1) is 14.4. The van der Waals surface area contributed by atoms with E-state index in [4.69, 9.17) is 4.55 Å². The molecule has 0 aromatic heterocycles. The van der Waals surface area contributed by atoms with Gasteiger partial charge in [0, 0.05) is 10.9 Å². The Morgan fingerprint density at radius 3 is 1.93 bits per heavy atom. The molecule has 0 heterocycles. The standard InChI is InChI=1S/C15H12O.C10H8O3S/c16-15(14-9-5-2-6-10-14)12-11-13-7-3-1-4-8-13;11-14(12,13)10-7-3-5-8-4-1-2-6-9(8)10/h1-12H;1-7H,(H,11,12,13)/b12-11-;. The predicted octanol–water partition coefficient (Wildman–Crippen LogP) is 5.67. The number of carbonyl (C=O) groups excluding carboxylic acids is 1. The molecular weight excluding hydrogens is 396 g/mol. The van der Waals surface area contributed by atoms with Crippen LogP contribution in [0.2, 0.25) is 0 Å². The number of ketones is 1. The van der Waals surface area contributed by atoms with Gasteiger partial charge in [0.05, 0.1) is 0 Å². The van der Waals surface area contributed by atoms with Gasteiger partial charge in [-0.2, -0.15) is 8.42 Å². The number of allylic oxidation sites excluding steroid dienone is 1. The zero-order chi connectivity index (χ0) is 21.4. The molecule has 4 nitrogen and oxygen atoms in total. The molecule has 1 N–H and O–H groups in total. The number of benzene rings is 4. The van der Waals surface area contributed by atoms with E-state index in [0.29, 0.717) is 5.39 Å². The second-order valence-electron chi connectivity index (χ2n) is 6.43. The van der Waals surface area contributed by atoms with Crippen LogP contribution in [0.1, 0.15) is 15.9 Å². The monoisotopic (exact) mass is 416 g/mol. The lowest BCUT2D eigenvalue weighted by Crippen LogP contribution is -1.98.